The highest BCUT2D eigenvalue weighted by atomic mass is 16.5. The van der Waals surface area contributed by atoms with Gasteiger partial charge in [-0.1, -0.05) is 38.1 Å². The van der Waals surface area contributed by atoms with Gasteiger partial charge in [-0.2, -0.15) is 0 Å². The van der Waals surface area contributed by atoms with Crippen molar-refractivity contribution in [3.63, 3.8) is 0 Å². The quantitative estimate of drug-likeness (QED) is 0.269. The van der Waals surface area contributed by atoms with Gasteiger partial charge in [0.25, 0.3) is 5.56 Å². The molecule has 1 atom stereocenters. The van der Waals surface area contributed by atoms with Crippen LogP contribution >= 0.6 is 0 Å². The summed E-state index contributed by atoms with van der Waals surface area (Å²) in [5.41, 5.74) is 5.69. The number of fused-ring (bicyclic) bond motifs is 2. The summed E-state index contributed by atoms with van der Waals surface area (Å²) in [4.78, 5) is 30.4. The van der Waals surface area contributed by atoms with Crippen LogP contribution in [-0.2, 0) is 23.0 Å². The molecule has 2 aromatic carbocycles. The predicted molar refractivity (Wildman–Crippen MR) is 170 cm³/mol. The number of aliphatic hydroxyl groups excluding tert-OH is 1. The number of rotatable bonds is 6. The summed E-state index contributed by atoms with van der Waals surface area (Å²) in [6, 6.07) is 9.94. The van der Waals surface area contributed by atoms with Gasteiger partial charge in [0, 0.05) is 38.4 Å². The number of hydrogen-bond acceptors (Lipinski definition) is 6. The fourth-order valence-corrected chi connectivity index (χ4v) is 5.19. The fourth-order valence-electron chi connectivity index (χ4n) is 5.19. The van der Waals surface area contributed by atoms with Gasteiger partial charge in [-0.15, -0.1) is 0 Å². The Morgan fingerprint density at radius 2 is 1.83 bits per heavy atom. The van der Waals surface area contributed by atoms with Crippen molar-refractivity contribution >= 4 is 28.8 Å². The van der Waals surface area contributed by atoms with Crippen molar-refractivity contribution in [2.45, 2.75) is 73.0 Å². The average molecular weight is 563 g/mol. The van der Waals surface area contributed by atoms with E-state index < -0.39 is 11.7 Å². The molecule has 1 aliphatic rings. The normalized spacial score (nSPS) is 13.9. The number of aliphatic hydroxyl groups is 1. The lowest BCUT2D eigenvalue weighted by atomic mass is 9.87. The number of aromatic nitrogens is 1. The highest BCUT2D eigenvalue weighted by Gasteiger charge is 2.29. The average Bonchev–Trinajstić information content (AvgIpc) is 2.98. The first-order valence-electron chi connectivity index (χ1n) is 14.2. The molecule has 1 N–H and O–H groups in total. The van der Waals surface area contributed by atoms with Crippen LogP contribution < -0.4 is 10.3 Å². The molecule has 4 rings (SSSR count). The van der Waals surface area contributed by atoms with Crippen molar-refractivity contribution in [2.24, 2.45) is 12.0 Å². The molecule has 2 heterocycles. The topological polar surface area (TPSA) is 90.1 Å². The van der Waals surface area contributed by atoms with Crippen molar-refractivity contribution in [3.8, 4) is 16.9 Å². The van der Waals surface area contributed by atoms with Crippen LogP contribution in [0.1, 0.15) is 76.5 Å². The van der Waals surface area contributed by atoms with Crippen LogP contribution in [0.15, 0.2) is 46.2 Å². The summed E-state index contributed by atoms with van der Waals surface area (Å²) in [7, 11) is 4.45. The number of ether oxygens (including phenoxy) is 2. The van der Waals surface area contributed by atoms with Gasteiger partial charge in [-0.25, -0.2) is 0 Å². The highest BCUT2D eigenvalue weighted by molar-refractivity contribution is 6.11. The van der Waals surface area contributed by atoms with Crippen LogP contribution in [-0.4, -0.2) is 48.5 Å². The molecule has 0 fully saturated rings. The molecule has 0 unspecified atom stereocenters. The molecular formula is C34H46N2O5. The van der Waals surface area contributed by atoms with Crippen LogP contribution in [0, 0.1) is 6.92 Å². The second kappa shape index (κ2) is 14.9. The van der Waals surface area contributed by atoms with Crippen LogP contribution in [0.25, 0.3) is 27.5 Å². The lowest BCUT2D eigenvalue weighted by molar-refractivity contribution is -0.129. The molecule has 222 valence electrons. The summed E-state index contributed by atoms with van der Waals surface area (Å²) >= 11 is 0. The summed E-state index contributed by atoms with van der Waals surface area (Å²) in [6.07, 6.45) is 5.51. The van der Waals surface area contributed by atoms with Gasteiger partial charge < -0.3 is 23.9 Å². The maximum absolute atomic E-state index is 13.8. The summed E-state index contributed by atoms with van der Waals surface area (Å²) < 4.78 is 13.7. The Balaban J connectivity index is 0.00000141. The first-order valence-corrected chi connectivity index (χ1v) is 14.2. The summed E-state index contributed by atoms with van der Waals surface area (Å²) in [5.74, 6) is 0.903. The Labute approximate surface area is 244 Å². The number of carbonyl (C=O) groups excluding carboxylic acids is 1. The maximum atomic E-state index is 13.8. The standard InChI is InChI=1S/C31H36N2O4.C2H6.CH4O/c1-8-20(17-32-6)21-11-12-24-25(16-21)30(35)33(7)29(27(18-34)37-31(3,4)5)28(24)23-13-14-26-22(19(23)2)10-9-15-36-26;2*1-2/h8,11-14,16-18,27H,9-10,15H2,1-7H3;1-2H3;2H,1H3/b20-8+,32-17?;;/t27-;;/m0../s1. The van der Waals surface area contributed by atoms with Gasteiger partial charge in [-0.3, -0.25) is 9.79 Å². The fraction of sp³-hybridized carbons (Fsp3) is 0.441. The molecule has 7 nitrogen and oxygen atoms in total. The third-order valence-electron chi connectivity index (χ3n) is 6.88. The summed E-state index contributed by atoms with van der Waals surface area (Å²) in [6.45, 7) is 14.5. The lowest BCUT2D eigenvalue weighted by Crippen LogP contribution is -2.30. The summed E-state index contributed by atoms with van der Waals surface area (Å²) in [5, 5.41) is 8.37. The molecule has 0 spiro atoms. The number of hydrogen-bond donors (Lipinski definition) is 1. The van der Waals surface area contributed by atoms with E-state index in [1.54, 1.807) is 24.9 Å². The molecule has 41 heavy (non-hydrogen) atoms. The minimum atomic E-state index is -0.915. The number of carbonyl (C=O) groups is 1. The number of aliphatic imine (C=N–C) groups is 1. The van der Waals surface area contributed by atoms with E-state index >= 15 is 0 Å². The largest absolute Gasteiger partial charge is 0.493 e. The molecule has 0 saturated carbocycles. The van der Waals surface area contributed by atoms with Crippen molar-refractivity contribution < 1.29 is 19.4 Å². The number of pyridine rings is 1. The van der Waals surface area contributed by atoms with Gasteiger partial charge in [0.15, 0.2) is 12.4 Å². The predicted octanol–water partition coefficient (Wildman–Crippen LogP) is 6.63. The zero-order valence-corrected chi connectivity index (χ0v) is 26.3. The molecule has 1 aliphatic heterocycles. The van der Waals surface area contributed by atoms with Crippen molar-refractivity contribution in [1.82, 2.24) is 4.57 Å². The Morgan fingerprint density at radius 1 is 1.15 bits per heavy atom. The van der Waals surface area contributed by atoms with E-state index in [0.717, 1.165) is 65.2 Å². The van der Waals surface area contributed by atoms with Crippen LogP contribution in [0.2, 0.25) is 0 Å². The van der Waals surface area contributed by atoms with Gasteiger partial charge >= 0.3 is 0 Å². The molecule has 0 saturated heterocycles. The maximum Gasteiger partial charge on any atom is 0.258 e. The van der Waals surface area contributed by atoms with E-state index in [0.29, 0.717) is 17.7 Å². The Morgan fingerprint density at radius 3 is 2.41 bits per heavy atom. The lowest BCUT2D eigenvalue weighted by Gasteiger charge is -2.29. The monoisotopic (exact) mass is 562 g/mol. The Kier molecular flexibility index (Phi) is 12.2. The Bertz CT molecular complexity index is 1480. The molecule has 7 heteroatoms. The van der Waals surface area contributed by atoms with Crippen LogP contribution in [0.4, 0.5) is 0 Å². The van der Waals surface area contributed by atoms with Crippen LogP contribution in [0.3, 0.4) is 0 Å². The first-order chi connectivity index (χ1) is 19.6. The van der Waals surface area contributed by atoms with Crippen molar-refractivity contribution in [2.75, 3.05) is 20.8 Å². The first kappa shape index (κ1) is 33.7. The number of aldehydes is 1. The number of benzene rings is 2. The second-order valence-electron chi connectivity index (χ2n) is 10.5. The number of allylic oxidation sites excluding steroid dienone is 2. The molecule has 0 bridgehead atoms. The van der Waals surface area contributed by atoms with E-state index in [-0.39, 0.29) is 5.56 Å². The highest BCUT2D eigenvalue weighted by Crippen LogP contribution is 2.41. The zero-order chi connectivity index (χ0) is 30.9. The third kappa shape index (κ3) is 7.21. The second-order valence-corrected chi connectivity index (χ2v) is 10.5. The molecular weight excluding hydrogens is 516 g/mol. The molecule has 1 aromatic heterocycles. The smallest absolute Gasteiger partial charge is 0.258 e. The van der Waals surface area contributed by atoms with Crippen molar-refractivity contribution in [1.29, 1.82) is 0 Å². The van der Waals surface area contributed by atoms with Gasteiger partial charge in [0.2, 0.25) is 0 Å². The zero-order valence-electron chi connectivity index (χ0n) is 26.3. The minimum Gasteiger partial charge on any atom is -0.493 e. The van der Waals surface area contributed by atoms with Crippen LogP contribution in [0.5, 0.6) is 5.75 Å². The van der Waals surface area contributed by atoms with Gasteiger partial charge in [-0.05, 0) is 92.8 Å². The molecule has 0 radical (unpaired) electrons. The third-order valence-corrected chi connectivity index (χ3v) is 6.88. The number of nitrogens with zero attached hydrogens (tertiary/aromatic N) is 2. The van der Waals surface area contributed by atoms with E-state index in [2.05, 4.69) is 11.9 Å². The van der Waals surface area contributed by atoms with E-state index in [1.165, 1.54) is 5.56 Å². The Hall–Kier alpha value is -3.55. The van der Waals surface area contributed by atoms with Gasteiger partial charge in [0.05, 0.1) is 17.9 Å². The minimum absolute atomic E-state index is 0.178. The molecule has 0 amide bonds. The SMILES string of the molecule is C/C=C(\C=NC)c1ccc2c(-c3ccc4c(c3C)CCCO4)c([C@H](C=O)OC(C)(C)C)n(C)c(=O)c2c1.CC.CO. The van der Waals surface area contributed by atoms with E-state index in [9.17, 15) is 9.59 Å². The van der Waals surface area contributed by atoms with Crippen molar-refractivity contribution in [3.05, 3.63) is 69.1 Å². The van der Waals surface area contributed by atoms with Gasteiger partial charge in [0.1, 0.15) is 5.75 Å². The molecule has 0 aliphatic carbocycles. The van der Waals surface area contributed by atoms with E-state index in [1.807, 2.05) is 78.0 Å². The molecule has 3 aromatic rings. The van der Waals surface area contributed by atoms with E-state index in [4.69, 9.17) is 14.6 Å².